The summed E-state index contributed by atoms with van der Waals surface area (Å²) in [6.45, 7) is 2.30. The summed E-state index contributed by atoms with van der Waals surface area (Å²) in [5.41, 5.74) is 1.90. The molecule has 31 heavy (non-hydrogen) atoms. The lowest BCUT2D eigenvalue weighted by Crippen LogP contribution is -2.48. The van der Waals surface area contributed by atoms with E-state index in [0.29, 0.717) is 31.9 Å². The van der Waals surface area contributed by atoms with E-state index in [1.54, 1.807) is 34.1 Å². The highest BCUT2D eigenvalue weighted by atomic mass is 19.4. The molecule has 1 aliphatic heterocycles. The number of amides is 2. The molecule has 2 aromatic carbocycles. The number of hydrogen-bond acceptors (Lipinski definition) is 5. The maximum Gasteiger partial charge on any atom is 0.470 e. The summed E-state index contributed by atoms with van der Waals surface area (Å²) >= 11 is 0. The Bertz CT molecular complexity index is 1020. The van der Waals surface area contributed by atoms with Crippen LogP contribution >= 0.6 is 0 Å². The number of anilines is 1. The molecule has 10 heteroatoms. The summed E-state index contributed by atoms with van der Waals surface area (Å²) < 4.78 is 48.0. The number of urea groups is 1. The lowest BCUT2D eigenvalue weighted by Gasteiger charge is -2.33. The van der Waals surface area contributed by atoms with E-state index in [4.69, 9.17) is 9.15 Å². The minimum absolute atomic E-state index is 0.134. The number of para-hydroxylation sites is 1. The topological polar surface area (TPSA) is 71.7 Å². The van der Waals surface area contributed by atoms with E-state index in [2.05, 4.69) is 10.2 Å². The average molecular weight is 432 g/mol. The molecule has 2 heterocycles. The van der Waals surface area contributed by atoms with Gasteiger partial charge in [0.1, 0.15) is 0 Å². The Labute approximate surface area is 176 Å². The largest absolute Gasteiger partial charge is 0.470 e. The van der Waals surface area contributed by atoms with Crippen molar-refractivity contribution in [2.24, 2.45) is 0 Å². The third-order valence-corrected chi connectivity index (χ3v) is 4.79. The highest BCUT2D eigenvalue weighted by molar-refractivity contribution is 5.92. The zero-order chi connectivity index (χ0) is 21.8. The molecule has 0 N–H and O–H groups in total. The summed E-state index contributed by atoms with van der Waals surface area (Å²) in [7, 11) is 0. The smallest absolute Gasteiger partial charge is 0.413 e. The second kappa shape index (κ2) is 8.76. The van der Waals surface area contributed by atoms with Crippen LogP contribution in [-0.2, 0) is 17.5 Å². The van der Waals surface area contributed by atoms with Crippen LogP contribution in [0.25, 0.3) is 11.5 Å². The van der Waals surface area contributed by atoms with Gasteiger partial charge in [0, 0.05) is 24.3 Å². The van der Waals surface area contributed by atoms with Crippen LogP contribution in [0.4, 0.5) is 23.7 Å². The quantitative estimate of drug-likeness (QED) is 0.618. The van der Waals surface area contributed by atoms with Crippen LogP contribution in [0.1, 0.15) is 11.5 Å². The molecule has 0 radical (unpaired) electrons. The lowest BCUT2D eigenvalue weighted by atomic mass is 10.1. The molecule has 7 nitrogen and oxygen atoms in total. The molecule has 0 bridgehead atoms. The van der Waals surface area contributed by atoms with Crippen LogP contribution in [0.15, 0.2) is 59.0 Å². The van der Waals surface area contributed by atoms with Crippen LogP contribution in [-0.4, -0.2) is 47.4 Å². The molecule has 0 spiro atoms. The number of hydrogen-bond donors (Lipinski definition) is 0. The fourth-order valence-corrected chi connectivity index (χ4v) is 3.19. The Hall–Kier alpha value is -3.40. The van der Waals surface area contributed by atoms with Crippen molar-refractivity contribution in [2.45, 2.75) is 12.7 Å². The molecule has 1 aliphatic rings. The number of morpholine rings is 1. The lowest BCUT2D eigenvalue weighted by molar-refractivity contribution is -0.156. The molecule has 0 saturated carbocycles. The van der Waals surface area contributed by atoms with Gasteiger partial charge in [-0.1, -0.05) is 30.3 Å². The zero-order valence-electron chi connectivity index (χ0n) is 16.4. The first-order valence-corrected chi connectivity index (χ1v) is 9.61. The van der Waals surface area contributed by atoms with E-state index in [1.807, 2.05) is 30.3 Å². The van der Waals surface area contributed by atoms with Crippen molar-refractivity contribution in [3.8, 4) is 11.5 Å². The Kier molecular flexibility index (Phi) is 5.90. The number of alkyl halides is 3. The van der Waals surface area contributed by atoms with Gasteiger partial charge in [0.25, 0.3) is 0 Å². The highest BCUT2D eigenvalue weighted by Crippen LogP contribution is 2.30. The van der Waals surface area contributed by atoms with E-state index in [1.165, 1.54) is 0 Å². The van der Waals surface area contributed by atoms with Crippen LogP contribution < -0.4 is 4.90 Å². The summed E-state index contributed by atoms with van der Waals surface area (Å²) in [6, 6.07) is 15.8. The van der Waals surface area contributed by atoms with Crippen molar-refractivity contribution < 1.29 is 27.1 Å². The van der Waals surface area contributed by atoms with Crippen molar-refractivity contribution in [2.75, 3.05) is 31.2 Å². The van der Waals surface area contributed by atoms with E-state index in [-0.39, 0.29) is 18.5 Å². The van der Waals surface area contributed by atoms with Gasteiger partial charge in [-0.05, 0) is 29.8 Å². The molecule has 1 fully saturated rings. The van der Waals surface area contributed by atoms with Gasteiger partial charge in [-0.15, -0.1) is 10.2 Å². The molecule has 1 aromatic heterocycles. The number of nitrogens with zero attached hydrogens (tertiary/aromatic N) is 4. The van der Waals surface area contributed by atoms with Crippen LogP contribution in [0.3, 0.4) is 0 Å². The van der Waals surface area contributed by atoms with Crippen molar-refractivity contribution in [1.82, 2.24) is 15.1 Å². The van der Waals surface area contributed by atoms with Gasteiger partial charge in [-0.25, -0.2) is 4.79 Å². The fourth-order valence-electron chi connectivity index (χ4n) is 3.19. The Morgan fingerprint density at radius 3 is 2.29 bits per heavy atom. The monoisotopic (exact) mass is 432 g/mol. The van der Waals surface area contributed by atoms with Gasteiger partial charge >= 0.3 is 18.1 Å². The number of rotatable bonds is 4. The molecule has 3 aromatic rings. The number of carbonyl (C=O) groups excluding carboxylic acids is 1. The second-order valence-corrected chi connectivity index (χ2v) is 6.91. The minimum Gasteiger partial charge on any atom is -0.413 e. The Balaban J connectivity index is 1.54. The third-order valence-electron chi connectivity index (χ3n) is 4.79. The number of halogens is 3. The second-order valence-electron chi connectivity index (χ2n) is 6.91. The summed E-state index contributed by atoms with van der Waals surface area (Å²) in [6.07, 6.45) is -4.69. The molecule has 0 atom stereocenters. The Morgan fingerprint density at radius 1 is 1.00 bits per heavy atom. The standard InChI is InChI=1S/C21H19F3N4O3/c22-21(23,24)19-26-25-18(31-19)16-8-6-15(7-9-16)14-28(17-4-2-1-3-5-17)20(29)27-10-12-30-13-11-27/h1-9H,10-14H2. The SMILES string of the molecule is O=C(N1CCOCC1)N(Cc1ccc(-c2nnc(C(F)(F)F)o2)cc1)c1ccccc1. The van der Waals surface area contributed by atoms with E-state index in [9.17, 15) is 18.0 Å². The molecular formula is C21H19F3N4O3. The predicted octanol–water partition coefficient (Wildman–Crippen LogP) is 4.21. The van der Waals surface area contributed by atoms with Gasteiger partial charge < -0.3 is 14.1 Å². The van der Waals surface area contributed by atoms with Crippen molar-refractivity contribution in [1.29, 1.82) is 0 Å². The average Bonchev–Trinajstić information content (AvgIpc) is 3.30. The molecule has 4 rings (SSSR count). The number of ether oxygens (including phenoxy) is 1. The van der Waals surface area contributed by atoms with E-state index in [0.717, 1.165) is 11.3 Å². The van der Waals surface area contributed by atoms with Crippen LogP contribution in [0.2, 0.25) is 0 Å². The normalized spacial score (nSPS) is 14.5. The van der Waals surface area contributed by atoms with Crippen molar-refractivity contribution in [3.05, 3.63) is 66.1 Å². The van der Waals surface area contributed by atoms with Gasteiger partial charge in [0.2, 0.25) is 5.89 Å². The van der Waals surface area contributed by atoms with Gasteiger partial charge in [-0.3, -0.25) is 4.90 Å². The molecule has 2 amide bonds. The minimum atomic E-state index is -4.69. The number of aromatic nitrogens is 2. The molecular weight excluding hydrogens is 413 g/mol. The summed E-state index contributed by atoms with van der Waals surface area (Å²) in [4.78, 5) is 16.5. The molecule has 162 valence electrons. The first-order valence-electron chi connectivity index (χ1n) is 9.61. The van der Waals surface area contributed by atoms with Gasteiger partial charge in [-0.2, -0.15) is 13.2 Å². The van der Waals surface area contributed by atoms with E-state index >= 15 is 0 Å². The molecule has 0 aliphatic carbocycles. The molecule has 1 saturated heterocycles. The first kappa shape index (κ1) is 20.9. The summed E-state index contributed by atoms with van der Waals surface area (Å²) in [5.74, 6) is -1.61. The van der Waals surface area contributed by atoms with Crippen molar-refractivity contribution >= 4 is 11.7 Å². The van der Waals surface area contributed by atoms with Gasteiger partial charge in [0.15, 0.2) is 0 Å². The third kappa shape index (κ3) is 4.85. The Morgan fingerprint density at radius 2 is 1.68 bits per heavy atom. The zero-order valence-corrected chi connectivity index (χ0v) is 16.4. The first-order chi connectivity index (χ1) is 14.9. The van der Waals surface area contributed by atoms with Crippen LogP contribution in [0, 0.1) is 0 Å². The van der Waals surface area contributed by atoms with Crippen molar-refractivity contribution in [3.63, 3.8) is 0 Å². The fraction of sp³-hybridized carbons (Fsp3) is 0.286. The predicted molar refractivity (Wildman–Crippen MR) is 105 cm³/mol. The van der Waals surface area contributed by atoms with Gasteiger partial charge in [0.05, 0.1) is 19.8 Å². The van der Waals surface area contributed by atoms with E-state index < -0.39 is 12.1 Å². The maximum absolute atomic E-state index is 13.1. The molecule has 0 unspecified atom stereocenters. The van der Waals surface area contributed by atoms with Crippen LogP contribution in [0.5, 0.6) is 0 Å². The summed E-state index contributed by atoms with van der Waals surface area (Å²) in [5, 5.41) is 6.50. The highest BCUT2D eigenvalue weighted by Gasteiger charge is 2.38. The maximum atomic E-state index is 13.1. The number of carbonyl (C=O) groups is 1. The number of benzene rings is 2.